The summed E-state index contributed by atoms with van der Waals surface area (Å²) in [7, 11) is 0. The van der Waals surface area contributed by atoms with Gasteiger partial charge in [0, 0.05) is 24.2 Å². The normalized spacial score (nSPS) is 11.5. The average molecular weight is 290 g/mol. The zero-order valence-electron chi connectivity index (χ0n) is 12.5. The molecule has 20 heavy (non-hydrogen) atoms. The van der Waals surface area contributed by atoms with Crippen molar-refractivity contribution in [2.75, 3.05) is 0 Å². The summed E-state index contributed by atoms with van der Waals surface area (Å²) >= 11 is 1.67. The van der Waals surface area contributed by atoms with Crippen LogP contribution in [0.4, 0.5) is 0 Å². The fraction of sp³-hybridized carbons (Fsp3) is 0.438. The van der Waals surface area contributed by atoms with Crippen molar-refractivity contribution < 1.29 is 0 Å². The van der Waals surface area contributed by atoms with E-state index in [2.05, 4.69) is 45.1 Å². The van der Waals surface area contributed by atoms with Gasteiger partial charge in [0.15, 0.2) is 0 Å². The molecule has 0 aliphatic carbocycles. The number of pyridine rings is 1. The zero-order valence-corrected chi connectivity index (χ0v) is 13.3. The van der Waals surface area contributed by atoms with Gasteiger partial charge in [0.1, 0.15) is 0 Å². The molecule has 0 aromatic carbocycles. The van der Waals surface area contributed by atoms with Gasteiger partial charge >= 0.3 is 0 Å². The molecule has 0 atom stereocenters. The van der Waals surface area contributed by atoms with Crippen LogP contribution >= 0.6 is 11.3 Å². The molecule has 0 spiro atoms. The van der Waals surface area contributed by atoms with Gasteiger partial charge in [-0.05, 0) is 31.4 Å². The molecule has 0 amide bonds. The molecule has 0 aliphatic rings. The predicted molar refractivity (Wildman–Crippen MR) is 86.4 cm³/mol. The summed E-state index contributed by atoms with van der Waals surface area (Å²) in [5, 5.41) is 5.35. The van der Waals surface area contributed by atoms with E-state index >= 15 is 0 Å². The molecule has 0 bridgehead atoms. The summed E-state index contributed by atoms with van der Waals surface area (Å²) in [5.41, 5.74) is 1.94. The fourth-order valence-corrected chi connectivity index (χ4v) is 2.93. The molecule has 0 aliphatic heterocycles. The van der Waals surface area contributed by atoms with Crippen molar-refractivity contribution in [3.8, 4) is 10.6 Å². The highest BCUT2D eigenvalue weighted by molar-refractivity contribution is 7.13. The summed E-state index contributed by atoms with van der Waals surface area (Å²) in [6, 6.07) is 8.61. The number of nitrogens with one attached hydrogen (secondary N) is 1. The topological polar surface area (TPSA) is 34.0 Å². The van der Waals surface area contributed by atoms with E-state index in [1.165, 1.54) is 0 Å². The van der Waals surface area contributed by atoms with Crippen molar-refractivity contribution in [2.45, 2.75) is 46.3 Å². The summed E-state index contributed by atoms with van der Waals surface area (Å²) in [5.74, 6) is 0. The van der Waals surface area contributed by atoms with E-state index in [9.17, 15) is 4.79 Å². The van der Waals surface area contributed by atoms with Crippen LogP contribution in [-0.2, 0) is 6.54 Å². The van der Waals surface area contributed by atoms with E-state index in [0.717, 1.165) is 16.1 Å². The average Bonchev–Trinajstić information content (AvgIpc) is 2.89. The standard InChI is InChI=1S/C16H22N2OS/c1-11(2)17-10-13-7-8-14(15-6-5-9-20-15)18(12(3)4)16(13)19/h5-9,11-12,17H,10H2,1-4H3. The van der Waals surface area contributed by atoms with Gasteiger partial charge in [-0.3, -0.25) is 4.79 Å². The number of hydrogen-bond donors (Lipinski definition) is 1. The molecule has 2 heterocycles. The van der Waals surface area contributed by atoms with Crippen LogP contribution in [0.15, 0.2) is 34.4 Å². The maximum Gasteiger partial charge on any atom is 0.255 e. The Bertz CT molecular complexity index is 612. The second kappa shape index (κ2) is 6.37. The van der Waals surface area contributed by atoms with E-state index in [1.807, 2.05) is 22.1 Å². The highest BCUT2D eigenvalue weighted by atomic mass is 32.1. The lowest BCUT2D eigenvalue weighted by atomic mass is 10.2. The van der Waals surface area contributed by atoms with Gasteiger partial charge in [-0.2, -0.15) is 0 Å². The Balaban J connectivity index is 2.46. The molecule has 0 saturated heterocycles. The molecule has 2 aromatic heterocycles. The Morgan fingerprint density at radius 1 is 1.20 bits per heavy atom. The molecule has 0 unspecified atom stereocenters. The van der Waals surface area contributed by atoms with Crippen molar-refractivity contribution in [1.82, 2.24) is 9.88 Å². The van der Waals surface area contributed by atoms with Gasteiger partial charge < -0.3 is 9.88 Å². The van der Waals surface area contributed by atoms with E-state index in [1.54, 1.807) is 11.3 Å². The molecule has 2 rings (SSSR count). The van der Waals surface area contributed by atoms with E-state index in [0.29, 0.717) is 12.6 Å². The molecule has 4 heteroatoms. The highest BCUT2D eigenvalue weighted by Gasteiger charge is 2.13. The molecular weight excluding hydrogens is 268 g/mol. The third-order valence-corrected chi connectivity index (χ3v) is 4.08. The molecule has 0 radical (unpaired) electrons. The number of thiophene rings is 1. The number of aromatic nitrogens is 1. The first-order valence-corrected chi connectivity index (χ1v) is 7.90. The van der Waals surface area contributed by atoms with Crippen LogP contribution in [0.3, 0.4) is 0 Å². The van der Waals surface area contributed by atoms with Gasteiger partial charge in [-0.15, -0.1) is 11.3 Å². The number of hydrogen-bond acceptors (Lipinski definition) is 3. The molecule has 0 saturated carbocycles. The lowest BCUT2D eigenvalue weighted by Crippen LogP contribution is -2.31. The minimum Gasteiger partial charge on any atom is -0.310 e. The molecule has 1 N–H and O–H groups in total. The maximum atomic E-state index is 12.7. The Morgan fingerprint density at radius 3 is 2.50 bits per heavy atom. The minimum absolute atomic E-state index is 0.110. The highest BCUT2D eigenvalue weighted by Crippen LogP contribution is 2.25. The number of rotatable bonds is 5. The van der Waals surface area contributed by atoms with Crippen molar-refractivity contribution in [1.29, 1.82) is 0 Å². The van der Waals surface area contributed by atoms with Gasteiger partial charge in [0.05, 0.1) is 10.6 Å². The lowest BCUT2D eigenvalue weighted by molar-refractivity contribution is 0.557. The number of nitrogens with zero attached hydrogens (tertiary/aromatic N) is 1. The predicted octanol–water partition coefficient (Wildman–Crippen LogP) is 3.66. The van der Waals surface area contributed by atoms with Crippen LogP contribution in [-0.4, -0.2) is 10.6 Å². The van der Waals surface area contributed by atoms with Crippen LogP contribution in [0.1, 0.15) is 39.3 Å². The van der Waals surface area contributed by atoms with Gasteiger partial charge in [0.25, 0.3) is 5.56 Å². The quantitative estimate of drug-likeness (QED) is 0.912. The van der Waals surface area contributed by atoms with Gasteiger partial charge in [0.2, 0.25) is 0 Å². The first kappa shape index (κ1) is 15.0. The smallest absolute Gasteiger partial charge is 0.255 e. The Morgan fingerprint density at radius 2 is 1.95 bits per heavy atom. The van der Waals surface area contributed by atoms with Crippen LogP contribution in [0.2, 0.25) is 0 Å². The molecule has 108 valence electrons. The molecule has 3 nitrogen and oxygen atoms in total. The van der Waals surface area contributed by atoms with E-state index in [4.69, 9.17) is 0 Å². The largest absolute Gasteiger partial charge is 0.310 e. The SMILES string of the molecule is CC(C)NCc1ccc(-c2cccs2)n(C(C)C)c1=O. The van der Waals surface area contributed by atoms with Crippen molar-refractivity contribution in [3.05, 3.63) is 45.6 Å². The van der Waals surface area contributed by atoms with Crippen LogP contribution in [0, 0.1) is 0 Å². The summed E-state index contributed by atoms with van der Waals surface area (Å²) in [6.07, 6.45) is 0. The first-order valence-electron chi connectivity index (χ1n) is 7.02. The van der Waals surface area contributed by atoms with Crippen LogP contribution in [0.25, 0.3) is 10.6 Å². The second-order valence-corrected chi connectivity index (χ2v) is 6.47. The molecule has 2 aromatic rings. The van der Waals surface area contributed by atoms with Crippen molar-refractivity contribution in [2.24, 2.45) is 0 Å². The second-order valence-electron chi connectivity index (χ2n) is 5.53. The zero-order chi connectivity index (χ0) is 14.7. The minimum atomic E-state index is 0.110. The van der Waals surface area contributed by atoms with Crippen LogP contribution < -0.4 is 10.9 Å². The maximum absolute atomic E-state index is 12.7. The molecular formula is C16H22N2OS. The third-order valence-electron chi connectivity index (χ3n) is 3.19. The Kier molecular flexibility index (Phi) is 4.78. The van der Waals surface area contributed by atoms with Gasteiger partial charge in [-0.25, -0.2) is 0 Å². The van der Waals surface area contributed by atoms with Gasteiger partial charge in [-0.1, -0.05) is 26.0 Å². The third kappa shape index (κ3) is 3.19. The van der Waals surface area contributed by atoms with E-state index in [-0.39, 0.29) is 11.6 Å². The first-order chi connectivity index (χ1) is 9.50. The monoisotopic (exact) mass is 290 g/mol. The van der Waals surface area contributed by atoms with E-state index < -0.39 is 0 Å². The van der Waals surface area contributed by atoms with Crippen molar-refractivity contribution >= 4 is 11.3 Å². The molecule has 0 fully saturated rings. The summed E-state index contributed by atoms with van der Waals surface area (Å²) < 4.78 is 1.89. The fourth-order valence-electron chi connectivity index (χ4n) is 2.18. The Labute approximate surface area is 124 Å². The van der Waals surface area contributed by atoms with Crippen LogP contribution in [0.5, 0.6) is 0 Å². The summed E-state index contributed by atoms with van der Waals surface area (Å²) in [6.45, 7) is 8.90. The summed E-state index contributed by atoms with van der Waals surface area (Å²) in [4.78, 5) is 13.8. The van der Waals surface area contributed by atoms with Crippen molar-refractivity contribution in [3.63, 3.8) is 0 Å². The lowest BCUT2D eigenvalue weighted by Gasteiger charge is -2.17. The Hall–Kier alpha value is -1.39.